The molecule has 0 aromatic rings. The molecule has 1 aliphatic carbocycles. The van der Waals surface area contributed by atoms with Crippen molar-refractivity contribution in [1.29, 1.82) is 0 Å². The summed E-state index contributed by atoms with van der Waals surface area (Å²) in [4.78, 5) is 22.9. The van der Waals surface area contributed by atoms with Crippen molar-refractivity contribution in [2.24, 2.45) is 5.92 Å². The summed E-state index contributed by atoms with van der Waals surface area (Å²) in [6.07, 6.45) is 2.11. The molecule has 0 aromatic heterocycles. The van der Waals surface area contributed by atoms with Crippen molar-refractivity contribution in [2.45, 2.75) is 37.8 Å². The molecule has 0 radical (unpaired) electrons. The Morgan fingerprint density at radius 1 is 1.30 bits per heavy atom. The highest BCUT2D eigenvalue weighted by atomic mass is 32.2. The minimum Gasteiger partial charge on any atom is -0.481 e. The van der Waals surface area contributed by atoms with Gasteiger partial charge in [0.25, 0.3) is 0 Å². The standard InChI is InChI=1S/C12H20N2O5S/c15-11(6-8-7-20(18,19)5-4-13-8)14-10-3-1-2-9(10)12(16)17/h8-10,13H,1-7H2,(H,14,15)(H,16,17). The molecule has 2 fully saturated rings. The number of hydrogen-bond acceptors (Lipinski definition) is 5. The lowest BCUT2D eigenvalue weighted by molar-refractivity contribution is -0.142. The van der Waals surface area contributed by atoms with Crippen molar-refractivity contribution in [3.63, 3.8) is 0 Å². The van der Waals surface area contributed by atoms with Gasteiger partial charge in [0.1, 0.15) is 0 Å². The minimum atomic E-state index is -3.07. The van der Waals surface area contributed by atoms with E-state index in [-0.39, 0.29) is 35.9 Å². The molecule has 20 heavy (non-hydrogen) atoms. The van der Waals surface area contributed by atoms with Gasteiger partial charge in [-0.15, -0.1) is 0 Å². The largest absolute Gasteiger partial charge is 0.481 e. The van der Waals surface area contributed by atoms with Crippen molar-refractivity contribution in [1.82, 2.24) is 10.6 Å². The second-order valence-corrected chi connectivity index (χ2v) is 7.75. The number of carboxylic acid groups (broad SMARTS) is 1. The predicted octanol–water partition coefficient (Wildman–Crippen LogP) is -0.867. The molecule has 3 atom stereocenters. The number of carbonyl (C=O) groups excluding carboxylic acids is 1. The number of amides is 1. The van der Waals surface area contributed by atoms with E-state index in [1.54, 1.807) is 0 Å². The molecule has 8 heteroatoms. The predicted molar refractivity (Wildman–Crippen MR) is 72.0 cm³/mol. The summed E-state index contributed by atoms with van der Waals surface area (Å²) in [6, 6.07) is -0.710. The molecular weight excluding hydrogens is 284 g/mol. The van der Waals surface area contributed by atoms with Crippen LogP contribution in [0.25, 0.3) is 0 Å². The summed E-state index contributed by atoms with van der Waals surface area (Å²) in [6.45, 7) is 0.363. The molecule has 1 amide bonds. The highest BCUT2D eigenvalue weighted by Gasteiger charge is 2.34. The fourth-order valence-electron chi connectivity index (χ4n) is 2.92. The number of carbonyl (C=O) groups is 2. The van der Waals surface area contributed by atoms with Crippen molar-refractivity contribution in [3.8, 4) is 0 Å². The van der Waals surface area contributed by atoms with E-state index >= 15 is 0 Å². The lowest BCUT2D eigenvalue weighted by atomic mass is 10.0. The maximum Gasteiger partial charge on any atom is 0.308 e. The Labute approximate surface area is 118 Å². The third-order valence-corrected chi connectivity index (χ3v) is 5.65. The first-order chi connectivity index (χ1) is 9.37. The van der Waals surface area contributed by atoms with Gasteiger partial charge in [-0.25, -0.2) is 8.42 Å². The maximum atomic E-state index is 11.9. The molecule has 1 heterocycles. The van der Waals surface area contributed by atoms with Gasteiger partial charge in [0.2, 0.25) is 5.91 Å². The van der Waals surface area contributed by atoms with Crippen LogP contribution in [0.2, 0.25) is 0 Å². The summed E-state index contributed by atoms with van der Waals surface area (Å²) in [5.41, 5.74) is 0. The molecule has 114 valence electrons. The number of hydrogen-bond donors (Lipinski definition) is 3. The molecule has 1 aliphatic heterocycles. The summed E-state index contributed by atoms with van der Waals surface area (Å²) >= 11 is 0. The average Bonchev–Trinajstić information content (AvgIpc) is 2.75. The van der Waals surface area contributed by atoms with Crippen LogP contribution in [-0.2, 0) is 19.4 Å². The quantitative estimate of drug-likeness (QED) is 0.622. The van der Waals surface area contributed by atoms with Crippen LogP contribution in [0.15, 0.2) is 0 Å². The van der Waals surface area contributed by atoms with Crippen molar-refractivity contribution >= 4 is 21.7 Å². The first kappa shape index (κ1) is 15.2. The Morgan fingerprint density at radius 2 is 2.05 bits per heavy atom. The van der Waals surface area contributed by atoms with Gasteiger partial charge in [0, 0.05) is 25.0 Å². The van der Waals surface area contributed by atoms with Gasteiger partial charge < -0.3 is 15.7 Å². The van der Waals surface area contributed by atoms with Crippen LogP contribution in [0.4, 0.5) is 0 Å². The molecule has 1 saturated carbocycles. The summed E-state index contributed by atoms with van der Waals surface area (Å²) in [7, 11) is -3.07. The zero-order valence-electron chi connectivity index (χ0n) is 11.2. The molecular formula is C12H20N2O5S. The van der Waals surface area contributed by atoms with Crippen LogP contribution in [0.1, 0.15) is 25.7 Å². The second-order valence-electron chi connectivity index (χ2n) is 5.52. The van der Waals surface area contributed by atoms with Crippen molar-refractivity contribution in [3.05, 3.63) is 0 Å². The van der Waals surface area contributed by atoms with Gasteiger partial charge in [0.15, 0.2) is 9.84 Å². The van der Waals surface area contributed by atoms with E-state index in [0.717, 1.165) is 6.42 Å². The Balaban J connectivity index is 1.85. The van der Waals surface area contributed by atoms with Crippen LogP contribution >= 0.6 is 0 Å². The van der Waals surface area contributed by atoms with Gasteiger partial charge in [-0.05, 0) is 12.8 Å². The first-order valence-corrected chi connectivity index (χ1v) is 8.65. The fourth-order valence-corrected chi connectivity index (χ4v) is 4.36. The molecule has 0 aromatic carbocycles. The second kappa shape index (κ2) is 6.09. The number of aliphatic carboxylic acids is 1. The van der Waals surface area contributed by atoms with Gasteiger partial charge in [-0.3, -0.25) is 9.59 Å². The van der Waals surface area contributed by atoms with Crippen LogP contribution in [-0.4, -0.2) is 55.5 Å². The van der Waals surface area contributed by atoms with Crippen molar-refractivity contribution < 1.29 is 23.1 Å². The fraction of sp³-hybridized carbons (Fsp3) is 0.833. The number of carboxylic acids is 1. The average molecular weight is 304 g/mol. The molecule has 3 N–H and O–H groups in total. The zero-order valence-corrected chi connectivity index (χ0v) is 12.0. The number of rotatable bonds is 4. The maximum absolute atomic E-state index is 11.9. The third kappa shape index (κ3) is 3.92. The van der Waals surface area contributed by atoms with E-state index in [2.05, 4.69) is 10.6 Å². The molecule has 0 spiro atoms. The van der Waals surface area contributed by atoms with Crippen LogP contribution in [0.3, 0.4) is 0 Å². The Bertz CT molecular complexity index is 490. The Morgan fingerprint density at radius 3 is 2.70 bits per heavy atom. The summed E-state index contributed by atoms with van der Waals surface area (Å²) in [5, 5.41) is 14.8. The van der Waals surface area contributed by atoms with Gasteiger partial charge in [-0.2, -0.15) is 0 Å². The summed E-state index contributed by atoms with van der Waals surface area (Å²) in [5.74, 6) is -1.62. The molecule has 2 aliphatic rings. The van der Waals surface area contributed by atoms with Crippen molar-refractivity contribution in [2.75, 3.05) is 18.1 Å². The number of sulfone groups is 1. The zero-order chi connectivity index (χ0) is 14.8. The van der Waals surface area contributed by atoms with Crippen LogP contribution < -0.4 is 10.6 Å². The van der Waals surface area contributed by atoms with E-state index in [1.807, 2.05) is 0 Å². The van der Waals surface area contributed by atoms with E-state index < -0.39 is 21.7 Å². The normalized spacial score (nSPS) is 32.7. The van der Waals surface area contributed by atoms with Crippen LogP contribution in [0, 0.1) is 5.92 Å². The van der Waals surface area contributed by atoms with E-state index in [4.69, 9.17) is 5.11 Å². The highest BCUT2D eigenvalue weighted by molar-refractivity contribution is 7.91. The van der Waals surface area contributed by atoms with E-state index in [1.165, 1.54) is 0 Å². The molecule has 2 rings (SSSR count). The van der Waals surface area contributed by atoms with Gasteiger partial charge in [-0.1, -0.05) is 6.42 Å². The van der Waals surface area contributed by atoms with E-state index in [9.17, 15) is 18.0 Å². The van der Waals surface area contributed by atoms with E-state index in [0.29, 0.717) is 19.4 Å². The Hall–Kier alpha value is -1.15. The van der Waals surface area contributed by atoms with Gasteiger partial charge in [0.05, 0.1) is 17.4 Å². The lowest BCUT2D eigenvalue weighted by Crippen LogP contribution is -2.49. The first-order valence-electron chi connectivity index (χ1n) is 6.83. The molecule has 1 saturated heterocycles. The molecule has 0 bridgehead atoms. The van der Waals surface area contributed by atoms with Crippen LogP contribution in [0.5, 0.6) is 0 Å². The smallest absolute Gasteiger partial charge is 0.308 e. The number of nitrogens with one attached hydrogen (secondary N) is 2. The SMILES string of the molecule is O=C(CC1CS(=O)(=O)CCN1)NC1CCCC1C(=O)O. The summed E-state index contributed by atoms with van der Waals surface area (Å²) < 4.78 is 23.0. The Kier molecular flexibility index (Phi) is 4.64. The third-order valence-electron chi connectivity index (χ3n) is 3.91. The monoisotopic (exact) mass is 304 g/mol. The lowest BCUT2D eigenvalue weighted by Gasteiger charge is -2.24. The minimum absolute atomic E-state index is 0.0343. The topological polar surface area (TPSA) is 113 Å². The molecule has 3 unspecified atom stereocenters. The highest BCUT2D eigenvalue weighted by Crippen LogP contribution is 2.25. The van der Waals surface area contributed by atoms with Gasteiger partial charge >= 0.3 is 5.97 Å². The molecule has 7 nitrogen and oxygen atoms in total.